The Balaban J connectivity index is 2.12. The normalized spacial score (nSPS) is 11.0. The summed E-state index contributed by atoms with van der Waals surface area (Å²) < 4.78 is 29.4. The molecular weight excluding hydrogens is 494 g/mol. The molecular formula is C27H37N3O6S. The second kappa shape index (κ2) is 13.3. The highest BCUT2D eigenvalue weighted by Gasteiger charge is 2.26. The Morgan fingerprint density at radius 1 is 0.865 bits per heavy atom. The van der Waals surface area contributed by atoms with Crippen molar-refractivity contribution in [2.75, 3.05) is 66.1 Å². The summed E-state index contributed by atoms with van der Waals surface area (Å²) in [6.45, 7) is 8.26. The van der Waals surface area contributed by atoms with Crippen molar-refractivity contribution in [2.24, 2.45) is 0 Å². The van der Waals surface area contributed by atoms with Crippen molar-refractivity contribution in [3.8, 4) is 28.7 Å². The van der Waals surface area contributed by atoms with Crippen molar-refractivity contribution in [3.05, 3.63) is 29.8 Å². The SMILES string of the molecule is CCOc1cc(C(=O)N(CCCN(C)C)c2nc3c(OC)ccc(OC)c3s2)cc(OCC)c1OCC. The van der Waals surface area contributed by atoms with E-state index in [4.69, 9.17) is 28.7 Å². The van der Waals surface area contributed by atoms with Gasteiger partial charge in [-0.2, -0.15) is 0 Å². The number of nitrogens with zero attached hydrogens (tertiary/aromatic N) is 3. The number of rotatable bonds is 14. The van der Waals surface area contributed by atoms with E-state index in [2.05, 4.69) is 4.90 Å². The Hall–Kier alpha value is -3.24. The summed E-state index contributed by atoms with van der Waals surface area (Å²) in [5, 5.41) is 0.561. The van der Waals surface area contributed by atoms with Gasteiger partial charge in [0.1, 0.15) is 21.7 Å². The lowest BCUT2D eigenvalue weighted by Gasteiger charge is -2.22. The first-order valence-corrected chi connectivity index (χ1v) is 13.2. The van der Waals surface area contributed by atoms with E-state index in [1.54, 1.807) is 31.3 Å². The van der Waals surface area contributed by atoms with Gasteiger partial charge in [0.05, 0.1) is 34.0 Å². The number of amides is 1. The van der Waals surface area contributed by atoms with Crippen molar-refractivity contribution in [1.82, 2.24) is 9.88 Å². The molecule has 3 aromatic rings. The molecule has 202 valence electrons. The van der Waals surface area contributed by atoms with E-state index in [-0.39, 0.29) is 5.91 Å². The Kier molecular flexibility index (Phi) is 10.2. The zero-order valence-electron chi connectivity index (χ0n) is 22.8. The largest absolute Gasteiger partial charge is 0.495 e. The third-order valence-electron chi connectivity index (χ3n) is 5.52. The molecule has 0 aliphatic rings. The maximum Gasteiger partial charge on any atom is 0.260 e. The van der Waals surface area contributed by atoms with Gasteiger partial charge in [-0.3, -0.25) is 9.69 Å². The molecule has 0 aliphatic carbocycles. The van der Waals surface area contributed by atoms with E-state index in [1.165, 1.54) is 11.3 Å². The Bertz CT molecular complexity index is 1130. The highest BCUT2D eigenvalue weighted by molar-refractivity contribution is 7.22. The molecule has 0 spiro atoms. The van der Waals surface area contributed by atoms with Crippen LogP contribution in [0.15, 0.2) is 24.3 Å². The number of carbonyl (C=O) groups excluding carboxylic acids is 1. The molecule has 37 heavy (non-hydrogen) atoms. The minimum atomic E-state index is -0.208. The van der Waals surface area contributed by atoms with Gasteiger partial charge in [0, 0.05) is 12.1 Å². The van der Waals surface area contributed by atoms with Crippen LogP contribution in [0.25, 0.3) is 10.2 Å². The van der Waals surface area contributed by atoms with Gasteiger partial charge >= 0.3 is 0 Å². The van der Waals surface area contributed by atoms with Crippen LogP contribution >= 0.6 is 11.3 Å². The van der Waals surface area contributed by atoms with Gasteiger partial charge in [0.25, 0.3) is 5.91 Å². The number of aromatic nitrogens is 1. The van der Waals surface area contributed by atoms with Crippen molar-refractivity contribution >= 4 is 32.6 Å². The maximum atomic E-state index is 14.1. The second-order valence-corrected chi connectivity index (χ2v) is 9.34. The minimum absolute atomic E-state index is 0.208. The molecule has 3 rings (SSSR count). The fourth-order valence-electron chi connectivity index (χ4n) is 3.89. The van der Waals surface area contributed by atoms with Crippen LogP contribution in [0.3, 0.4) is 0 Å². The average Bonchev–Trinajstić information content (AvgIpc) is 3.32. The van der Waals surface area contributed by atoms with Gasteiger partial charge < -0.3 is 28.6 Å². The fraction of sp³-hybridized carbons (Fsp3) is 0.481. The molecule has 9 nitrogen and oxygen atoms in total. The number of ether oxygens (including phenoxy) is 5. The van der Waals surface area contributed by atoms with Crippen LogP contribution in [0, 0.1) is 0 Å². The second-order valence-electron chi connectivity index (χ2n) is 8.36. The third-order valence-corrected chi connectivity index (χ3v) is 6.61. The first kappa shape index (κ1) is 28.3. The van der Waals surface area contributed by atoms with Gasteiger partial charge in [-0.05, 0) is 72.1 Å². The van der Waals surface area contributed by atoms with E-state index in [1.807, 2.05) is 47.0 Å². The summed E-state index contributed by atoms with van der Waals surface area (Å²) in [6.07, 6.45) is 0.761. The number of thiazole rings is 1. The van der Waals surface area contributed by atoms with Crippen molar-refractivity contribution in [2.45, 2.75) is 27.2 Å². The summed E-state index contributed by atoms with van der Waals surface area (Å²) >= 11 is 1.40. The quantitative estimate of drug-likeness (QED) is 0.284. The van der Waals surface area contributed by atoms with Crippen LogP contribution in [0.2, 0.25) is 0 Å². The molecule has 1 amide bonds. The summed E-state index contributed by atoms with van der Waals surface area (Å²) in [6, 6.07) is 7.09. The Morgan fingerprint density at radius 2 is 1.46 bits per heavy atom. The molecule has 1 aromatic heterocycles. The third kappa shape index (κ3) is 6.56. The molecule has 0 atom stereocenters. The fourth-order valence-corrected chi connectivity index (χ4v) is 4.99. The van der Waals surface area contributed by atoms with Crippen LogP contribution in [-0.4, -0.2) is 77.0 Å². The molecule has 10 heteroatoms. The summed E-state index contributed by atoms with van der Waals surface area (Å²) in [4.78, 5) is 22.7. The lowest BCUT2D eigenvalue weighted by Crippen LogP contribution is -2.33. The average molecular weight is 532 g/mol. The molecule has 0 bridgehead atoms. The van der Waals surface area contributed by atoms with Gasteiger partial charge in [-0.15, -0.1) is 0 Å². The smallest absolute Gasteiger partial charge is 0.260 e. The number of hydrogen-bond donors (Lipinski definition) is 0. The van der Waals surface area contributed by atoms with Gasteiger partial charge in [0.15, 0.2) is 16.6 Å². The zero-order valence-corrected chi connectivity index (χ0v) is 23.6. The van der Waals surface area contributed by atoms with E-state index in [0.717, 1.165) is 17.7 Å². The Labute approximate surface area is 222 Å². The van der Waals surface area contributed by atoms with Crippen LogP contribution in [-0.2, 0) is 0 Å². The first-order chi connectivity index (χ1) is 17.9. The molecule has 2 aromatic carbocycles. The predicted molar refractivity (Wildman–Crippen MR) is 148 cm³/mol. The van der Waals surface area contributed by atoms with E-state index >= 15 is 0 Å². The van der Waals surface area contributed by atoms with Crippen LogP contribution in [0.5, 0.6) is 28.7 Å². The zero-order chi connectivity index (χ0) is 26.9. The number of hydrogen-bond acceptors (Lipinski definition) is 9. The monoisotopic (exact) mass is 531 g/mol. The summed E-state index contributed by atoms with van der Waals surface area (Å²) in [5.41, 5.74) is 1.09. The number of methoxy groups -OCH3 is 2. The lowest BCUT2D eigenvalue weighted by atomic mass is 10.1. The molecule has 0 radical (unpaired) electrons. The molecule has 0 aliphatic heterocycles. The van der Waals surface area contributed by atoms with E-state index in [0.29, 0.717) is 71.3 Å². The van der Waals surface area contributed by atoms with Crippen LogP contribution in [0.1, 0.15) is 37.6 Å². The number of fused-ring (bicyclic) bond motifs is 1. The van der Waals surface area contributed by atoms with Gasteiger partial charge in [-0.25, -0.2) is 4.98 Å². The summed E-state index contributed by atoms with van der Waals surface area (Å²) in [7, 11) is 7.24. The topological polar surface area (TPSA) is 82.6 Å². The standard InChI is InChI=1S/C27H37N3O6S/c1-8-34-21-16-18(17-22(35-9-2)24(21)36-10-3)26(31)30(15-11-14-29(4)5)27-28-23-19(32-6)12-13-20(33-7)25(23)37-27/h12-13,16-17H,8-11,14-15H2,1-7H3. The number of anilines is 1. The minimum Gasteiger partial charge on any atom is -0.495 e. The van der Waals surface area contributed by atoms with Crippen molar-refractivity contribution < 1.29 is 28.5 Å². The molecule has 0 unspecified atom stereocenters. The molecule has 0 N–H and O–H groups in total. The highest BCUT2D eigenvalue weighted by atomic mass is 32.1. The maximum absolute atomic E-state index is 14.1. The molecule has 0 saturated carbocycles. The van der Waals surface area contributed by atoms with E-state index < -0.39 is 0 Å². The molecule has 0 fully saturated rings. The van der Waals surface area contributed by atoms with Gasteiger partial charge in [-0.1, -0.05) is 11.3 Å². The van der Waals surface area contributed by atoms with E-state index in [9.17, 15) is 4.79 Å². The molecule has 1 heterocycles. The predicted octanol–water partition coefficient (Wildman–Crippen LogP) is 5.11. The lowest BCUT2D eigenvalue weighted by molar-refractivity contribution is 0.0985. The van der Waals surface area contributed by atoms with Crippen LogP contribution < -0.4 is 28.6 Å². The van der Waals surface area contributed by atoms with Crippen LogP contribution in [0.4, 0.5) is 5.13 Å². The number of carbonyl (C=O) groups is 1. The van der Waals surface area contributed by atoms with Crippen molar-refractivity contribution in [3.63, 3.8) is 0 Å². The van der Waals surface area contributed by atoms with Gasteiger partial charge in [0.2, 0.25) is 5.75 Å². The number of benzene rings is 2. The summed E-state index contributed by atoms with van der Waals surface area (Å²) in [5.74, 6) is 2.53. The highest BCUT2D eigenvalue weighted by Crippen LogP contribution is 2.42. The first-order valence-electron chi connectivity index (χ1n) is 12.4. The molecule has 0 saturated heterocycles. The Morgan fingerprint density at radius 3 is 2.00 bits per heavy atom. The van der Waals surface area contributed by atoms with Crippen molar-refractivity contribution in [1.29, 1.82) is 0 Å².